The number of carboxylic acids is 1. The molecule has 18 heavy (non-hydrogen) atoms. The van der Waals surface area contributed by atoms with Crippen LogP contribution in [0.5, 0.6) is 0 Å². The summed E-state index contributed by atoms with van der Waals surface area (Å²) in [7, 11) is 0. The molecule has 2 bridgehead atoms. The zero-order valence-electron chi connectivity index (χ0n) is 10.8. The summed E-state index contributed by atoms with van der Waals surface area (Å²) in [5, 5.41) is 9.31. The average molecular weight is 244 g/mol. The van der Waals surface area contributed by atoms with E-state index in [0.29, 0.717) is 17.8 Å². The van der Waals surface area contributed by atoms with Gasteiger partial charge in [0.15, 0.2) is 0 Å². The highest BCUT2D eigenvalue weighted by atomic mass is 16.4. The van der Waals surface area contributed by atoms with Gasteiger partial charge < -0.3 is 5.11 Å². The van der Waals surface area contributed by atoms with Gasteiger partial charge in [-0.3, -0.25) is 4.79 Å². The Morgan fingerprint density at radius 3 is 2.11 bits per heavy atom. The van der Waals surface area contributed by atoms with Gasteiger partial charge in [-0.15, -0.1) is 0 Å². The minimum atomic E-state index is -0.622. The number of carbonyl (C=O) groups is 1. The molecular weight excluding hydrogens is 224 g/mol. The largest absolute Gasteiger partial charge is 0.481 e. The molecule has 2 aliphatic carbocycles. The van der Waals surface area contributed by atoms with Crippen LogP contribution in [0.4, 0.5) is 0 Å². The maximum absolute atomic E-state index is 11.3. The molecule has 0 radical (unpaired) electrons. The van der Waals surface area contributed by atoms with Crippen molar-refractivity contribution in [1.82, 2.24) is 0 Å². The number of benzene rings is 1. The van der Waals surface area contributed by atoms with Crippen LogP contribution in [0.1, 0.15) is 30.9 Å². The van der Waals surface area contributed by atoms with Gasteiger partial charge in [0.2, 0.25) is 0 Å². The summed E-state index contributed by atoms with van der Waals surface area (Å²) in [5.74, 6) is 0.698. The summed E-state index contributed by atoms with van der Waals surface area (Å²) in [4.78, 5) is 11.3. The third kappa shape index (κ3) is 1.84. The van der Waals surface area contributed by atoms with Crippen molar-refractivity contribution in [2.24, 2.45) is 23.7 Å². The zero-order valence-corrected chi connectivity index (χ0v) is 10.8. The lowest BCUT2D eigenvalue weighted by molar-refractivity contribution is -0.144. The van der Waals surface area contributed by atoms with Crippen molar-refractivity contribution in [3.63, 3.8) is 0 Å². The number of hydrogen-bond donors (Lipinski definition) is 1. The lowest BCUT2D eigenvalue weighted by Crippen LogP contribution is -2.28. The first-order chi connectivity index (χ1) is 8.66. The maximum Gasteiger partial charge on any atom is 0.306 e. The minimum absolute atomic E-state index is 0.197. The standard InChI is InChI=1S/C16H20O2/c1-10(16(17)18)15-13-6-7-14(15)9-12-5-3-2-4-11(12)8-13/h2-5,10,13-15H,6-9H2,1H3,(H,17,18). The molecule has 1 aromatic carbocycles. The molecule has 0 spiro atoms. The van der Waals surface area contributed by atoms with Gasteiger partial charge in [0.1, 0.15) is 0 Å². The van der Waals surface area contributed by atoms with Gasteiger partial charge in [-0.25, -0.2) is 0 Å². The fourth-order valence-corrected chi connectivity index (χ4v) is 4.18. The van der Waals surface area contributed by atoms with E-state index >= 15 is 0 Å². The third-order valence-electron chi connectivity index (χ3n) is 5.05. The third-order valence-corrected chi connectivity index (χ3v) is 5.05. The molecule has 2 heteroatoms. The van der Waals surface area contributed by atoms with Gasteiger partial charge in [0, 0.05) is 0 Å². The van der Waals surface area contributed by atoms with Gasteiger partial charge in [0.05, 0.1) is 5.92 Å². The summed E-state index contributed by atoms with van der Waals surface area (Å²) in [6.07, 6.45) is 4.58. The Morgan fingerprint density at radius 2 is 1.67 bits per heavy atom. The summed E-state index contributed by atoms with van der Waals surface area (Å²) in [6, 6.07) is 8.65. The van der Waals surface area contributed by atoms with Crippen LogP contribution in [0, 0.1) is 23.7 Å². The second kappa shape index (κ2) is 4.42. The van der Waals surface area contributed by atoms with E-state index < -0.39 is 5.97 Å². The molecule has 1 N–H and O–H groups in total. The van der Waals surface area contributed by atoms with Crippen LogP contribution in [0.15, 0.2) is 24.3 Å². The van der Waals surface area contributed by atoms with Crippen molar-refractivity contribution in [2.75, 3.05) is 0 Å². The predicted octanol–water partition coefficient (Wildman–Crippen LogP) is 3.15. The first-order valence-corrected chi connectivity index (χ1v) is 6.96. The first kappa shape index (κ1) is 11.8. The maximum atomic E-state index is 11.3. The molecule has 3 atom stereocenters. The number of carboxylic acid groups (broad SMARTS) is 1. The van der Waals surface area contributed by atoms with Crippen LogP contribution >= 0.6 is 0 Å². The fourth-order valence-electron chi connectivity index (χ4n) is 4.18. The van der Waals surface area contributed by atoms with Crippen LogP contribution in [0.25, 0.3) is 0 Å². The van der Waals surface area contributed by atoms with Gasteiger partial charge in [-0.2, -0.15) is 0 Å². The highest BCUT2D eigenvalue weighted by Crippen LogP contribution is 2.47. The van der Waals surface area contributed by atoms with Crippen LogP contribution in [-0.2, 0) is 17.6 Å². The molecule has 3 unspecified atom stereocenters. The van der Waals surface area contributed by atoms with Crippen molar-refractivity contribution in [1.29, 1.82) is 0 Å². The van der Waals surface area contributed by atoms with E-state index in [1.165, 1.54) is 24.0 Å². The van der Waals surface area contributed by atoms with Crippen molar-refractivity contribution in [3.8, 4) is 0 Å². The summed E-state index contributed by atoms with van der Waals surface area (Å²) in [6.45, 7) is 1.90. The van der Waals surface area contributed by atoms with Gasteiger partial charge in [-0.05, 0) is 54.6 Å². The van der Waals surface area contributed by atoms with Crippen molar-refractivity contribution in [3.05, 3.63) is 35.4 Å². The van der Waals surface area contributed by atoms with Gasteiger partial charge in [0.25, 0.3) is 0 Å². The number of rotatable bonds is 2. The van der Waals surface area contributed by atoms with E-state index in [9.17, 15) is 9.90 Å². The molecule has 0 heterocycles. The van der Waals surface area contributed by atoms with Crippen molar-refractivity contribution < 1.29 is 9.90 Å². The van der Waals surface area contributed by atoms with E-state index in [1.807, 2.05) is 6.92 Å². The summed E-state index contributed by atoms with van der Waals surface area (Å²) in [5.41, 5.74) is 2.90. The molecule has 96 valence electrons. The molecule has 1 fully saturated rings. The monoisotopic (exact) mass is 244 g/mol. The average Bonchev–Trinajstić information content (AvgIpc) is 2.64. The topological polar surface area (TPSA) is 37.3 Å². The number of aliphatic carboxylic acids is 1. The molecule has 2 aliphatic rings. The van der Waals surface area contributed by atoms with E-state index in [0.717, 1.165) is 12.8 Å². The molecule has 1 aromatic rings. The molecule has 0 amide bonds. The highest BCUT2D eigenvalue weighted by Gasteiger charge is 2.43. The Hall–Kier alpha value is -1.31. The Morgan fingerprint density at radius 1 is 1.17 bits per heavy atom. The summed E-state index contributed by atoms with van der Waals surface area (Å²) < 4.78 is 0. The molecular formula is C16H20O2. The molecule has 0 aliphatic heterocycles. The highest BCUT2D eigenvalue weighted by molar-refractivity contribution is 5.70. The fraction of sp³-hybridized carbons (Fsp3) is 0.562. The van der Waals surface area contributed by atoms with Crippen LogP contribution < -0.4 is 0 Å². The van der Waals surface area contributed by atoms with Crippen LogP contribution in [0.3, 0.4) is 0 Å². The lowest BCUT2D eigenvalue weighted by Gasteiger charge is -2.25. The Labute approximate surface area is 108 Å². The molecule has 3 rings (SSSR count). The normalized spacial score (nSPS) is 31.5. The van der Waals surface area contributed by atoms with E-state index in [2.05, 4.69) is 24.3 Å². The number of hydrogen-bond acceptors (Lipinski definition) is 1. The predicted molar refractivity (Wildman–Crippen MR) is 70.4 cm³/mol. The van der Waals surface area contributed by atoms with E-state index in [4.69, 9.17) is 0 Å². The number of fused-ring (bicyclic) bond motifs is 3. The Balaban J connectivity index is 1.93. The first-order valence-electron chi connectivity index (χ1n) is 6.96. The molecule has 1 saturated carbocycles. The van der Waals surface area contributed by atoms with Gasteiger partial charge >= 0.3 is 5.97 Å². The SMILES string of the molecule is CC(C(=O)O)C1C2CCC1Cc1ccccc1C2. The van der Waals surface area contributed by atoms with Crippen molar-refractivity contribution in [2.45, 2.75) is 32.6 Å². The smallest absolute Gasteiger partial charge is 0.306 e. The zero-order chi connectivity index (χ0) is 12.7. The minimum Gasteiger partial charge on any atom is -0.481 e. The quantitative estimate of drug-likeness (QED) is 0.867. The van der Waals surface area contributed by atoms with E-state index in [-0.39, 0.29) is 5.92 Å². The van der Waals surface area contributed by atoms with Crippen molar-refractivity contribution >= 4 is 5.97 Å². The summed E-state index contributed by atoms with van der Waals surface area (Å²) >= 11 is 0. The van der Waals surface area contributed by atoms with Crippen LogP contribution in [0.2, 0.25) is 0 Å². The van der Waals surface area contributed by atoms with Gasteiger partial charge in [-0.1, -0.05) is 31.2 Å². The van der Waals surface area contributed by atoms with Crippen LogP contribution in [-0.4, -0.2) is 11.1 Å². The molecule has 0 saturated heterocycles. The lowest BCUT2D eigenvalue weighted by atomic mass is 9.78. The Kier molecular flexibility index (Phi) is 2.89. The molecule has 2 nitrogen and oxygen atoms in total. The Bertz CT molecular complexity index is 433. The second-order valence-corrected chi connectivity index (χ2v) is 5.98. The second-order valence-electron chi connectivity index (χ2n) is 5.98. The van der Waals surface area contributed by atoms with E-state index in [1.54, 1.807) is 0 Å². The molecule has 0 aromatic heterocycles.